The van der Waals surface area contributed by atoms with Crippen LogP contribution in [0.1, 0.15) is 0 Å². The average Bonchev–Trinajstić information content (AvgIpc) is 2.40. The maximum atomic E-state index is 13.3. The molecule has 0 fully saturated rings. The first-order valence-corrected chi connectivity index (χ1v) is 6.97. The van der Waals surface area contributed by atoms with E-state index in [2.05, 4.69) is 4.18 Å². The van der Waals surface area contributed by atoms with Crippen LogP contribution in [0.5, 0.6) is 5.75 Å². The molecule has 0 saturated heterocycles. The summed E-state index contributed by atoms with van der Waals surface area (Å²) >= 11 is 0. The molecule has 2 aromatic carbocycles. The van der Waals surface area contributed by atoms with E-state index in [1.807, 2.05) is 0 Å². The van der Waals surface area contributed by atoms with E-state index < -0.39 is 27.2 Å². The maximum Gasteiger partial charge on any atom is 0.534 e. The van der Waals surface area contributed by atoms with E-state index in [0.29, 0.717) is 5.56 Å². The Hall–Kier alpha value is -2.09. The van der Waals surface area contributed by atoms with E-state index >= 15 is 0 Å². The van der Waals surface area contributed by atoms with E-state index in [9.17, 15) is 26.0 Å². The minimum Gasteiger partial charge on any atom is -0.375 e. The molecule has 0 spiro atoms. The van der Waals surface area contributed by atoms with Crippen LogP contribution in [-0.2, 0) is 10.1 Å². The Kier molecular flexibility index (Phi) is 3.91. The molecule has 0 aliphatic carbocycles. The Morgan fingerprint density at radius 3 is 2.14 bits per heavy atom. The first-order chi connectivity index (χ1) is 9.71. The Morgan fingerprint density at radius 1 is 0.952 bits per heavy atom. The predicted octanol–water partition coefficient (Wildman–Crippen LogP) is 3.72. The lowest BCUT2D eigenvalue weighted by Crippen LogP contribution is -2.28. The first-order valence-electron chi connectivity index (χ1n) is 5.56. The normalized spacial score (nSPS) is 12.2. The minimum absolute atomic E-state index is 0.0941. The van der Waals surface area contributed by atoms with Crippen LogP contribution in [0.25, 0.3) is 11.1 Å². The lowest BCUT2D eigenvalue weighted by atomic mass is 10.0. The molecule has 0 N–H and O–H groups in total. The molecule has 21 heavy (non-hydrogen) atoms. The second kappa shape index (κ2) is 5.36. The zero-order valence-corrected chi connectivity index (χ0v) is 11.1. The molecule has 0 radical (unpaired) electrons. The molecule has 0 saturated carbocycles. The van der Waals surface area contributed by atoms with Gasteiger partial charge in [0.05, 0.1) is 0 Å². The molecule has 2 rings (SSSR count). The number of alkyl halides is 3. The fourth-order valence-corrected chi connectivity index (χ4v) is 2.06. The molecule has 2 aromatic rings. The van der Waals surface area contributed by atoms with Gasteiger partial charge in [-0.3, -0.25) is 0 Å². The lowest BCUT2D eigenvalue weighted by molar-refractivity contribution is -0.0499. The molecule has 0 atom stereocenters. The van der Waals surface area contributed by atoms with Gasteiger partial charge in [-0.05, 0) is 23.8 Å². The van der Waals surface area contributed by atoms with Crippen molar-refractivity contribution in [1.29, 1.82) is 0 Å². The standard InChI is InChI=1S/C13H8F4O3S/c14-10-6-7-12(20-21(18,19)13(15,16)17)11(8-10)9-4-2-1-3-5-9/h1-8H. The second-order valence-corrected chi connectivity index (χ2v) is 5.53. The van der Waals surface area contributed by atoms with Crippen LogP contribution in [0.4, 0.5) is 17.6 Å². The van der Waals surface area contributed by atoms with Crippen LogP contribution in [-0.4, -0.2) is 13.9 Å². The van der Waals surface area contributed by atoms with Gasteiger partial charge >= 0.3 is 15.6 Å². The van der Waals surface area contributed by atoms with Crippen molar-refractivity contribution < 1.29 is 30.2 Å². The largest absolute Gasteiger partial charge is 0.534 e. The summed E-state index contributed by atoms with van der Waals surface area (Å²) in [7, 11) is -5.82. The molecule has 3 nitrogen and oxygen atoms in total. The lowest BCUT2D eigenvalue weighted by Gasteiger charge is -2.13. The van der Waals surface area contributed by atoms with Crippen LogP contribution < -0.4 is 4.18 Å². The minimum atomic E-state index is -5.82. The Bertz CT molecular complexity index is 740. The van der Waals surface area contributed by atoms with Crippen LogP contribution in [0, 0.1) is 5.82 Å². The van der Waals surface area contributed by atoms with Gasteiger partial charge in [0.2, 0.25) is 0 Å². The third-order valence-electron chi connectivity index (χ3n) is 2.51. The first kappa shape index (κ1) is 15.3. The van der Waals surface area contributed by atoms with Gasteiger partial charge in [-0.25, -0.2) is 4.39 Å². The molecule has 8 heteroatoms. The molecular weight excluding hydrogens is 312 g/mol. The number of hydrogen-bond acceptors (Lipinski definition) is 3. The highest BCUT2D eigenvalue weighted by Gasteiger charge is 2.48. The van der Waals surface area contributed by atoms with Gasteiger partial charge in [0.1, 0.15) is 5.82 Å². The maximum absolute atomic E-state index is 13.3. The van der Waals surface area contributed by atoms with Crippen molar-refractivity contribution in [3.05, 3.63) is 54.3 Å². The van der Waals surface area contributed by atoms with Crippen molar-refractivity contribution in [1.82, 2.24) is 0 Å². The fraction of sp³-hybridized carbons (Fsp3) is 0.0769. The highest BCUT2D eigenvalue weighted by atomic mass is 32.2. The number of halogens is 4. The highest BCUT2D eigenvalue weighted by molar-refractivity contribution is 7.88. The van der Waals surface area contributed by atoms with Gasteiger partial charge in [0, 0.05) is 5.56 Å². The number of hydrogen-bond donors (Lipinski definition) is 0. The van der Waals surface area contributed by atoms with Crippen LogP contribution in [0.15, 0.2) is 48.5 Å². The molecule has 0 heterocycles. The fourth-order valence-electron chi connectivity index (χ4n) is 1.58. The number of rotatable bonds is 3. The van der Waals surface area contributed by atoms with E-state index in [1.165, 1.54) is 12.1 Å². The Balaban J connectivity index is 2.52. The zero-order valence-electron chi connectivity index (χ0n) is 10.3. The van der Waals surface area contributed by atoms with E-state index in [4.69, 9.17) is 0 Å². The van der Waals surface area contributed by atoms with Crippen molar-refractivity contribution >= 4 is 10.1 Å². The van der Waals surface area contributed by atoms with Crippen LogP contribution in [0.3, 0.4) is 0 Å². The third-order valence-corrected chi connectivity index (χ3v) is 3.48. The van der Waals surface area contributed by atoms with Crippen molar-refractivity contribution in [3.8, 4) is 16.9 Å². The van der Waals surface area contributed by atoms with Crippen molar-refractivity contribution in [2.75, 3.05) is 0 Å². The second-order valence-electron chi connectivity index (χ2n) is 3.99. The van der Waals surface area contributed by atoms with Gasteiger partial charge in [-0.15, -0.1) is 0 Å². The molecule has 112 valence electrons. The molecule has 0 aromatic heterocycles. The summed E-state index contributed by atoms with van der Waals surface area (Å²) in [6.45, 7) is 0. The predicted molar refractivity (Wildman–Crippen MR) is 67.4 cm³/mol. The van der Waals surface area contributed by atoms with Gasteiger partial charge < -0.3 is 4.18 Å². The Labute approximate surface area is 117 Å². The van der Waals surface area contributed by atoms with Crippen LogP contribution in [0.2, 0.25) is 0 Å². The zero-order chi connectivity index (χ0) is 15.7. The summed E-state index contributed by atoms with van der Waals surface area (Å²) in [6, 6.07) is 10.3. The summed E-state index contributed by atoms with van der Waals surface area (Å²) in [5, 5.41) is 0. The molecule has 0 aliphatic rings. The Morgan fingerprint density at radius 2 is 1.57 bits per heavy atom. The molecule has 0 unspecified atom stereocenters. The monoisotopic (exact) mass is 320 g/mol. The summed E-state index contributed by atoms with van der Waals surface area (Å²) in [4.78, 5) is 0. The van der Waals surface area contributed by atoms with E-state index in [-0.39, 0.29) is 5.56 Å². The van der Waals surface area contributed by atoms with Crippen molar-refractivity contribution in [2.24, 2.45) is 0 Å². The topological polar surface area (TPSA) is 43.4 Å². The van der Waals surface area contributed by atoms with Crippen molar-refractivity contribution in [2.45, 2.75) is 5.51 Å². The van der Waals surface area contributed by atoms with Crippen molar-refractivity contribution in [3.63, 3.8) is 0 Å². The van der Waals surface area contributed by atoms with E-state index in [0.717, 1.165) is 18.2 Å². The molecule has 0 amide bonds. The number of benzene rings is 2. The van der Waals surface area contributed by atoms with Gasteiger partial charge in [0.15, 0.2) is 5.75 Å². The SMILES string of the molecule is O=S(=O)(Oc1ccc(F)cc1-c1ccccc1)C(F)(F)F. The smallest absolute Gasteiger partial charge is 0.375 e. The average molecular weight is 320 g/mol. The molecule has 0 bridgehead atoms. The third kappa shape index (κ3) is 3.33. The summed E-state index contributed by atoms with van der Waals surface area (Å²) in [5.41, 5.74) is -5.33. The quantitative estimate of drug-likeness (QED) is 0.492. The van der Waals surface area contributed by atoms with Gasteiger partial charge in [0.25, 0.3) is 0 Å². The summed E-state index contributed by atoms with van der Waals surface area (Å²) in [5.74, 6) is -1.33. The van der Waals surface area contributed by atoms with Gasteiger partial charge in [-0.1, -0.05) is 30.3 Å². The summed E-state index contributed by atoms with van der Waals surface area (Å²) < 4.78 is 76.5. The molecular formula is C13H8F4O3S. The highest BCUT2D eigenvalue weighted by Crippen LogP contribution is 2.34. The van der Waals surface area contributed by atoms with E-state index in [1.54, 1.807) is 18.2 Å². The summed E-state index contributed by atoms with van der Waals surface area (Å²) in [6.07, 6.45) is 0. The van der Waals surface area contributed by atoms with Gasteiger partial charge in [-0.2, -0.15) is 21.6 Å². The van der Waals surface area contributed by atoms with Crippen LogP contribution >= 0.6 is 0 Å². The molecule has 0 aliphatic heterocycles.